The van der Waals surface area contributed by atoms with E-state index in [-0.39, 0.29) is 17.0 Å². The molecule has 0 fully saturated rings. The lowest BCUT2D eigenvalue weighted by atomic mass is 10.1. The van der Waals surface area contributed by atoms with E-state index in [0.717, 1.165) is 0 Å². The van der Waals surface area contributed by atoms with E-state index in [4.69, 9.17) is 9.15 Å². The van der Waals surface area contributed by atoms with E-state index >= 15 is 0 Å². The number of nitrogens with zero attached hydrogens (tertiary/aromatic N) is 2. The molecule has 1 N–H and O–H groups in total. The maximum atomic E-state index is 12.1. The molecule has 8 nitrogen and oxygen atoms in total. The molecule has 0 saturated carbocycles. The third-order valence-electron chi connectivity index (χ3n) is 3.22. The van der Waals surface area contributed by atoms with Crippen molar-refractivity contribution in [1.82, 2.24) is 10.2 Å². The highest BCUT2D eigenvalue weighted by atomic mass is 16.6. The van der Waals surface area contributed by atoms with Crippen LogP contribution in [0.3, 0.4) is 0 Å². The zero-order valence-corrected chi connectivity index (χ0v) is 12.0. The average Bonchev–Trinajstić information content (AvgIpc) is 3.21. The average molecular weight is 313 g/mol. The minimum Gasteiger partial charge on any atom is -0.465 e. The second kappa shape index (κ2) is 5.76. The summed E-state index contributed by atoms with van der Waals surface area (Å²) in [5.41, 5.74) is 1.47. The summed E-state index contributed by atoms with van der Waals surface area (Å²) < 4.78 is 9.94. The molecule has 3 rings (SSSR count). The second-order valence-corrected chi connectivity index (χ2v) is 4.57. The highest BCUT2D eigenvalue weighted by Crippen LogP contribution is 2.33. The molecule has 0 radical (unpaired) electrons. The molecule has 2 aromatic heterocycles. The van der Waals surface area contributed by atoms with Gasteiger partial charge in [-0.1, -0.05) is 30.3 Å². The Labute approximate surface area is 129 Å². The van der Waals surface area contributed by atoms with E-state index in [9.17, 15) is 14.9 Å². The van der Waals surface area contributed by atoms with E-state index in [2.05, 4.69) is 10.2 Å². The van der Waals surface area contributed by atoms with Crippen molar-refractivity contribution in [3.63, 3.8) is 0 Å². The van der Waals surface area contributed by atoms with Crippen molar-refractivity contribution in [2.75, 3.05) is 7.11 Å². The number of nitro groups is 1. The highest BCUT2D eigenvalue weighted by Gasteiger charge is 2.26. The summed E-state index contributed by atoms with van der Waals surface area (Å²) >= 11 is 0. The molecule has 0 bridgehead atoms. The smallest absolute Gasteiger partial charge is 0.433 e. The van der Waals surface area contributed by atoms with Crippen LogP contribution in [0, 0.1) is 10.1 Å². The molecule has 0 aliphatic carbocycles. The summed E-state index contributed by atoms with van der Waals surface area (Å²) in [7, 11) is 1.25. The lowest BCUT2D eigenvalue weighted by Crippen LogP contribution is -2.03. The van der Waals surface area contributed by atoms with Crippen LogP contribution in [0.2, 0.25) is 0 Å². The molecule has 116 valence electrons. The van der Waals surface area contributed by atoms with Crippen molar-refractivity contribution >= 4 is 11.9 Å². The molecule has 0 saturated heterocycles. The number of hydrogen-bond acceptors (Lipinski definition) is 6. The Morgan fingerprint density at radius 1 is 1.26 bits per heavy atom. The van der Waals surface area contributed by atoms with Gasteiger partial charge >= 0.3 is 11.9 Å². The first-order valence-electron chi connectivity index (χ1n) is 6.58. The first kappa shape index (κ1) is 14.5. The molecule has 0 aliphatic heterocycles. The van der Waals surface area contributed by atoms with Gasteiger partial charge in [0, 0.05) is 5.56 Å². The van der Waals surface area contributed by atoms with Crippen LogP contribution in [0.1, 0.15) is 10.4 Å². The number of esters is 1. The Balaban J connectivity index is 2.16. The number of methoxy groups -OCH3 is 1. The number of aromatic nitrogens is 2. The van der Waals surface area contributed by atoms with Crippen LogP contribution in [-0.4, -0.2) is 28.2 Å². The molecule has 23 heavy (non-hydrogen) atoms. The Kier molecular flexibility index (Phi) is 3.63. The molecule has 1 aromatic carbocycles. The SMILES string of the molecule is COC(=O)c1c(-c2ccccc2)n[nH]c1-c1ccc([N+](=O)[O-])o1. The Hall–Kier alpha value is -3.42. The third kappa shape index (κ3) is 2.57. The first-order chi connectivity index (χ1) is 11.1. The van der Waals surface area contributed by atoms with E-state index in [1.165, 1.54) is 19.2 Å². The highest BCUT2D eigenvalue weighted by molar-refractivity contribution is 6.01. The van der Waals surface area contributed by atoms with Crippen LogP contribution in [0.4, 0.5) is 5.88 Å². The van der Waals surface area contributed by atoms with Crippen LogP contribution >= 0.6 is 0 Å². The van der Waals surface area contributed by atoms with Crippen molar-refractivity contribution in [3.05, 3.63) is 58.1 Å². The maximum absolute atomic E-state index is 12.1. The van der Waals surface area contributed by atoms with Gasteiger partial charge in [-0.25, -0.2) is 4.79 Å². The number of nitrogens with one attached hydrogen (secondary N) is 1. The monoisotopic (exact) mass is 313 g/mol. The molecule has 3 aromatic rings. The lowest BCUT2D eigenvalue weighted by Gasteiger charge is -2.02. The molecule has 0 aliphatic rings. The van der Waals surface area contributed by atoms with Crippen LogP contribution in [0.15, 0.2) is 46.9 Å². The summed E-state index contributed by atoms with van der Waals surface area (Å²) in [6, 6.07) is 11.6. The number of carbonyl (C=O) groups is 1. The van der Waals surface area contributed by atoms with Crippen molar-refractivity contribution in [2.45, 2.75) is 0 Å². The second-order valence-electron chi connectivity index (χ2n) is 4.57. The molecule has 8 heteroatoms. The number of furan rings is 1. The van der Waals surface area contributed by atoms with E-state index < -0.39 is 16.8 Å². The molecule has 2 heterocycles. The van der Waals surface area contributed by atoms with Crippen molar-refractivity contribution < 1.29 is 18.9 Å². The lowest BCUT2D eigenvalue weighted by molar-refractivity contribution is -0.401. The number of aromatic amines is 1. The quantitative estimate of drug-likeness (QED) is 0.450. The van der Waals surface area contributed by atoms with Gasteiger partial charge in [-0.2, -0.15) is 5.10 Å². The Morgan fingerprint density at radius 3 is 2.61 bits per heavy atom. The van der Waals surface area contributed by atoms with Crippen LogP contribution in [0.5, 0.6) is 0 Å². The maximum Gasteiger partial charge on any atom is 0.433 e. The third-order valence-corrected chi connectivity index (χ3v) is 3.22. The topological polar surface area (TPSA) is 111 Å². The van der Waals surface area contributed by atoms with Gasteiger partial charge in [-0.05, 0) is 6.07 Å². The fourth-order valence-electron chi connectivity index (χ4n) is 2.19. The number of H-pyrrole nitrogens is 1. The fourth-order valence-corrected chi connectivity index (χ4v) is 2.19. The van der Waals surface area contributed by atoms with E-state index in [1.54, 1.807) is 12.1 Å². The standard InChI is InChI=1S/C15H11N3O5/c1-22-15(19)12-13(9-5-3-2-4-6-9)16-17-14(12)10-7-8-11(23-10)18(20)21/h2-8H,1H3,(H,16,17). The zero-order chi connectivity index (χ0) is 16.4. The van der Waals surface area contributed by atoms with Crippen molar-refractivity contribution in [2.24, 2.45) is 0 Å². The molecular weight excluding hydrogens is 302 g/mol. The molecule has 0 unspecified atom stereocenters. The summed E-state index contributed by atoms with van der Waals surface area (Å²) in [4.78, 5) is 22.2. The predicted molar refractivity (Wildman–Crippen MR) is 79.7 cm³/mol. The summed E-state index contributed by atoms with van der Waals surface area (Å²) in [6.07, 6.45) is 0. The van der Waals surface area contributed by atoms with Gasteiger partial charge in [-0.15, -0.1) is 0 Å². The van der Waals surface area contributed by atoms with Gasteiger partial charge in [0.25, 0.3) is 0 Å². The Bertz CT molecular complexity index is 866. The largest absolute Gasteiger partial charge is 0.465 e. The molecule has 0 spiro atoms. The fraction of sp³-hybridized carbons (Fsp3) is 0.0667. The van der Waals surface area contributed by atoms with Crippen LogP contribution in [0.25, 0.3) is 22.7 Å². The van der Waals surface area contributed by atoms with Gasteiger partial charge in [0.1, 0.15) is 21.9 Å². The first-order valence-corrected chi connectivity index (χ1v) is 6.58. The minimum absolute atomic E-state index is 0.131. The summed E-state index contributed by atoms with van der Waals surface area (Å²) in [5, 5.41) is 17.6. The minimum atomic E-state index is -0.657. The van der Waals surface area contributed by atoms with E-state index in [0.29, 0.717) is 11.3 Å². The van der Waals surface area contributed by atoms with Gasteiger partial charge in [0.15, 0.2) is 5.76 Å². The van der Waals surface area contributed by atoms with Crippen LogP contribution < -0.4 is 0 Å². The zero-order valence-electron chi connectivity index (χ0n) is 12.0. The van der Waals surface area contributed by atoms with Gasteiger partial charge in [-0.3, -0.25) is 15.2 Å². The van der Waals surface area contributed by atoms with E-state index in [1.807, 2.05) is 18.2 Å². The van der Waals surface area contributed by atoms with Crippen LogP contribution in [-0.2, 0) is 4.74 Å². The van der Waals surface area contributed by atoms with Crippen molar-refractivity contribution in [3.8, 4) is 22.7 Å². The van der Waals surface area contributed by atoms with Gasteiger partial charge < -0.3 is 9.15 Å². The Morgan fingerprint density at radius 2 is 2.00 bits per heavy atom. The molecular formula is C15H11N3O5. The number of benzene rings is 1. The molecule has 0 amide bonds. The number of carbonyl (C=O) groups excluding carboxylic acids is 1. The number of hydrogen-bond donors (Lipinski definition) is 1. The van der Waals surface area contributed by atoms with Gasteiger partial charge in [0.2, 0.25) is 0 Å². The van der Waals surface area contributed by atoms with Gasteiger partial charge in [0.05, 0.1) is 13.2 Å². The predicted octanol–water partition coefficient (Wildman–Crippen LogP) is 3.03. The summed E-state index contributed by atoms with van der Waals surface area (Å²) in [5.74, 6) is -0.912. The molecule has 0 atom stereocenters. The van der Waals surface area contributed by atoms with Crippen molar-refractivity contribution in [1.29, 1.82) is 0 Å². The summed E-state index contributed by atoms with van der Waals surface area (Å²) in [6.45, 7) is 0. The normalized spacial score (nSPS) is 10.5. The number of rotatable bonds is 4. The number of ether oxygens (including phenoxy) is 1.